The van der Waals surface area contributed by atoms with Gasteiger partial charge in [-0.05, 0) is 19.1 Å². The van der Waals surface area contributed by atoms with Gasteiger partial charge in [0, 0.05) is 6.07 Å². The van der Waals surface area contributed by atoms with Gasteiger partial charge in [0.25, 0.3) is 0 Å². The van der Waals surface area contributed by atoms with E-state index in [1.54, 1.807) is 5.47 Å². The van der Waals surface area contributed by atoms with Crippen molar-refractivity contribution in [3.63, 3.8) is 0 Å². The van der Waals surface area contributed by atoms with Gasteiger partial charge >= 0.3 is 6.28 Å². The van der Waals surface area contributed by atoms with Gasteiger partial charge in [0.2, 0.25) is 0 Å². The number of benzene rings is 1. The van der Waals surface area contributed by atoms with Crippen molar-refractivity contribution in [2.75, 3.05) is 0 Å². The highest BCUT2D eigenvalue weighted by Crippen LogP contribution is 2.57. The van der Waals surface area contributed by atoms with Crippen LogP contribution in [0.5, 0.6) is 0 Å². The zero-order chi connectivity index (χ0) is 16.1. The number of nitrogens with zero attached hydrogens (tertiary/aromatic N) is 1. The first-order valence-electron chi connectivity index (χ1n) is 9.77. The molecule has 1 spiro atoms. The van der Waals surface area contributed by atoms with E-state index in [0.29, 0.717) is 0 Å². The van der Waals surface area contributed by atoms with Gasteiger partial charge in [-0.2, -0.15) is 0 Å². The molecule has 2 saturated heterocycles. The molecule has 1 nitrogen and oxygen atoms in total. The number of aryl methyl sites for hydroxylation is 1. The maximum absolute atomic E-state index is 2.71. The highest BCUT2D eigenvalue weighted by Gasteiger charge is 2.58. The van der Waals surface area contributed by atoms with E-state index in [-0.39, 0.29) is 0 Å². The molecular formula is C22H26BN. The molecule has 4 heterocycles. The number of hydrogen-bond acceptors (Lipinski definition) is 0. The fourth-order valence-electron chi connectivity index (χ4n) is 6.46. The number of hydrogen-bond donors (Lipinski definition) is 0. The van der Waals surface area contributed by atoms with E-state index >= 15 is 0 Å². The quantitative estimate of drug-likeness (QED) is 0.631. The monoisotopic (exact) mass is 315 g/mol. The lowest BCUT2D eigenvalue weighted by Crippen LogP contribution is -2.71. The molecule has 122 valence electrons. The largest absolute Gasteiger partial charge is 0.416 e. The van der Waals surface area contributed by atoms with Crippen LogP contribution in [0.3, 0.4) is 0 Å². The summed E-state index contributed by atoms with van der Waals surface area (Å²) in [6.45, 7) is 2.19. The zero-order valence-electron chi connectivity index (χ0n) is 14.6. The Morgan fingerprint density at radius 3 is 2.21 bits per heavy atom. The number of aromatic nitrogens is 1. The van der Waals surface area contributed by atoms with Gasteiger partial charge in [-0.3, -0.25) is 0 Å². The highest BCUT2D eigenvalue weighted by atomic mass is 14.9. The maximum atomic E-state index is 2.71. The van der Waals surface area contributed by atoms with Gasteiger partial charge in [0.1, 0.15) is 11.9 Å². The van der Waals surface area contributed by atoms with Crippen LogP contribution in [0.25, 0.3) is 11.5 Å². The normalized spacial score (nSPS) is 31.0. The molecule has 2 fully saturated rings. The predicted octanol–water partition coefficient (Wildman–Crippen LogP) is 5.28. The first kappa shape index (κ1) is 14.5. The van der Waals surface area contributed by atoms with Crippen molar-refractivity contribution < 1.29 is 4.48 Å². The molecule has 3 aliphatic rings. The number of pyridine rings is 1. The van der Waals surface area contributed by atoms with Crippen LogP contribution in [-0.2, 0) is 0 Å². The number of fused-ring (bicyclic) bond motifs is 1. The van der Waals surface area contributed by atoms with Crippen LogP contribution in [0.2, 0.25) is 11.6 Å². The lowest BCUT2D eigenvalue weighted by atomic mass is 9.14. The minimum absolute atomic E-state index is 0.647. The molecule has 1 aromatic heterocycles. The Balaban J connectivity index is 1.75. The van der Waals surface area contributed by atoms with Gasteiger partial charge in [0.05, 0.1) is 0 Å². The van der Waals surface area contributed by atoms with Crippen LogP contribution >= 0.6 is 0 Å². The first-order chi connectivity index (χ1) is 11.8. The number of rotatable bonds is 1. The molecule has 24 heavy (non-hydrogen) atoms. The summed E-state index contributed by atoms with van der Waals surface area (Å²) in [7, 11) is 0. The van der Waals surface area contributed by atoms with Crippen molar-refractivity contribution in [3.8, 4) is 0 Å². The van der Waals surface area contributed by atoms with Crippen molar-refractivity contribution in [3.05, 3.63) is 65.5 Å². The molecule has 5 rings (SSSR count). The van der Waals surface area contributed by atoms with Crippen molar-refractivity contribution in [1.29, 1.82) is 0 Å². The highest BCUT2D eigenvalue weighted by molar-refractivity contribution is 6.94. The SMILES string of the molecule is Cc1ccc(C2=Cc3cccc[n+]3[B-]23C2CCCC3CCC2)cc1. The average molecular weight is 315 g/mol. The third-order valence-electron chi connectivity index (χ3n) is 7.31. The second kappa shape index (κ2) is 5.34. The van der Waals surface area contributed by atoms with Crippen molar-refractivity contribution in [2.24, 2.45) is 0 Å². The molecular weight excluding hydrogens is 289 g/mol. The summed E-state index contributed by atoms with van der Waals surface area (Å²) in [5.74, 6) is 1.72. The van der Waals surface area contributed by atoms with Crippen LogP contribution in [0, 0.1) is 6.92 Å². The van der Waals surface area contributed by atoms with Gasteiger partial charge in [-0.1, -0.05) is 91.6 Å². The Bertz CT molecular complexity index is 783. The molecule has 0 unspecified atom stereocenters. The van der Waals surface area contributed by atoms with Crippen LogP contribution in [0.15, 0.2) is 48.7 Å². The lowest BCUT2D eigenvalue weighted by molar-refractivity contribution is -0.549. The standard InChI is InChI=1S/C22H26BN/c1-17-11-13-18(14-12-17)22-16-21-10-2-3-15-24(21)23(22)19-6-4-7-20(23)9-5-8-19/h2-3,10-16,19-20H,4-9H2,1H3. The minimum Gasteiger partial charge on any atom is -0.416 e. The molecule has 0 aliphatic carbocycles. The molecule has 2 bridgehead atoms. The fourth-order valence-corrected chi connectivity index (χ4v) is 6.46. The Labute approximate surface area is 145 Å². The molecule has 2 heteroatoms. The van der Waals surface area contributed by atoms with Crippen LogP contribution in [0.1, 0.15) is 55.3 Å². The van der Waals surface area contributed by atoms with E-state index in [1.807, 2.05) is 0 Å². The van der Waals surface area contributed by atoms with E-state index < -0.39 is 6.28 Å². The minimum atomic E-state index is -0.647. The third-order valence-corrected chi connectivity index (χ3v) is 7.31. The Kier molecular flexibility index (Phi) is 3.23. The van der Waals surface area contributed by atoms with E-state index in [0.717, 1.165) is 11.6 Å². The average Bonchev–Trinajstić information content (AvgIpc) is 2.91. The molecule has 0 saturated carbocycles. The fraction of sp³-hybridized carbons (Fsp3) is 0.409. The van der Waals surface area contributed by atoms with Crippen LogP contribution in [0.4, 0.5) is 0 Å². The first-order valence-corrected chi connectivity index (χ1v) is 9.77. The second-order valence-electron chi connectivity index (χ2n) is 8.33. The van der Waals surface area contributed by atoms with Gasteiger partial charge in [-0.15, -0.1) is 5.47 Å². The summed E-state index contributed by atoms with van der Waals surface area (Å²) >= 11 is 0. The summed E-state index contributed by atoms with van der Waals surface area (Å²) in [6.07, 6.45) is 12.8. The van der Waals surface area contributed by atoms with Crippen molar-refractivity contribution >= 4 is 17.8 Å². The van der Waals surface area contributed by atoms with E-state index in [1.165, 1.54) is 55.3 Å². The molecule has 2 aromatic rings. The predicted molar refractivity (Wildman–Crippen MR) is 102 cm³/mol. The summed E-state index contributed by atoms with van der Waals surface area (Å²) in [6, 6.07) is 16.0. The Morgan fingerprint density at radius 1 is 0.875 bits per heavy atom. The third kappa shape index (κ3) is 1.86. The van der Waals surface area contributed by atoms with Crippen LogP contribution < -0.4 is 4.48 Å². The molecule has 0 atom stereocenters. The smallest absolute Gasteiger partial charge is 0.312 e. The summed E-state index contributed by atoms with van der Waals surface area (Å²) in [5.41, 5.74) is 5.89. The van der Waals surface area contributed by atoms with Gasteiger partial charge in [0.15, 0.2) is 0 Å². The van der Waals surface area contributed by atoms with E-state index in [9.17, 15) is 0 Å². The van der Waals surface area contributed by atoms with Gasteiger partial charge < -0.3 is 4.48 Å². The molecule has 0 N–H and O–H groups in total. The Hall–Kier alpha value is -1.83. The summed E-state index contributed by atoms with van der Waals surface area (Å²) in [4.78, 5) is 0. The second-order valence-corrected chi connectivity index (χ2v) is 8.33. The molecule has 1 aromatic carbocycles. The topological polar surface area (TPSA) is 3.88 Å². The van der Waals surface area contributed by atoms with Gasteiger partial charge in [-0.25, -0.2) is 0 Å². The summed E-state index contributed by atoms with van der Waals surface area (Å²) in [5, 5.41) is 0. The van der Waals surface area contributed by atoms with Crippen molar-refractivity contribution in [2.45, 2.75) is 57.1 Å². The Morgan fingerprint density at radius 2 is 1.54 bits per heavy atom. The van der Waals surface area contributed by atoms with Crippen LogP contribution in [-0.4, -0.2) is 6.28 Å². The molecule has 0 amide bonds. The zero-order valence-corrected chi connectivity index (χ0v) is 14.6. The maximum Gasteiger partial charge on any atom is 0.312 e. The van der Waals surface area contributed by atoms with E-state index in [2.05, 4.69) is 66.1 Å². The van der Waals surface area contributed by atoms with E-state index in [4.69, 9.17) is 0 Å². The molecule has 3 aliphatic heterocycles. The van der Waals surface area contributed by atoms with Crippen molar-refractivity contribution in [1.82, 2.24) is 0 Å². The summed E-state index contributed by atoms with van der Waals surface area (Å²) < 4.78 is 2.71. The molecule has 0 radical (unpaired) electrons. The lowest BCUT2D eigenvalue weighted by Gasteiger charge is -2.53.